The van der Waals surface area contributed by atoms with Gasteiger partial charge < -0.3 is 28.5 Å². The Bertz CT molecular complexity index is 1460. The first-order valence-electron chi connectivity index (χ1n) is 32.9. The lowest BCUT2D eigenvalue weighted by Crippen LogP contribution is -2.47. The van der Waals surface area contributed by atoms with Crippen LogP contribution in [0, 0.1) is 0 Å². The van der Waals surface area contributed by atoms with Gasteiger partial charge in [-0.25, -0.2) is 0 Å². The quantitative estimate of drug-likeness (QED) is 0.0212. The number of rotatable bonds is 60. The Morgan fingerprint density at radius 2 is 0.792 bits per heavy atom. The summed E-state index contributed by atoms with van der Waals surface area (Å²) >= 11 is 0. The first-order chi connectivity index (χ1) is 37.4. The number of hydrogen-bond acceptors (Lipinski definition) is 7. The third-order valence-corrected chi connectivity index (χ3v) is 15.7. The molecule has 3 atom stereocenters. The fourth-order valence-electron chi connectivity index (χ4n) is 9.65. The van der Waals surface area contributed by atoms with Gasteiger partial charge in [-0.05, 0) is 70.3 Å². The molecule has 0 aromatic carbocycles. The van der Waals surface area contributed by atoms with Crippen molar-refractivity contribution in [1.29, 1.82) is 0 Å². The molecule has 0 rings (SSSR count). The molecule has 0 radical (unpaired) electrons. The minimum absolute atomic E-state index is 0.0210. The van der Waals surface area contributed by atoms with E-state index in [-0.39, 0.29) is 31.5 Å². The van der Waals surface area contributed by atoms with E-state index in [2.05, 4.69) is 62.5 Å². The number of phosphoric ester groups is 1. The molecule has 0 aliphatic heterocycles. The van der Waals surface area contributed by atoms with Crippen LogP contribution in [0.15, 0.2) is 48.6 Å². The molecule has 0 aliphatic rings. The maximum atomic E-state index is 13.6. The number of likely N-dealkylation sites (N-methyl/N-ethyl adjacent to an activating group) is 1. The second kappa shape index (κ2) is 57.2. The van der Waals surface area contributed by atoms with Crippen molar-refractivity contribution in [1.82, 2.24) is 5.32 Å². The summed E-state index contributed by atoms with van der Waals surface area (Å²) in [7, 11) is 1.19. The zero-order valence-electron chi connectivity index (χ0n) is 51.7. The summed E-state index contributed by atoms with van der Waals surface area (Å²) in [6.45, 7) is 6.85. The molecule has 0 heterocycles. The lowest BCUT2D eigenvalue weighted by molar-refractivity contribution is -0.870. The molecule has 0 spiro atoms. The molecule has 0 saturated carbocycles. The lowest BCUT2D eigenvalue weighted by atomic mass is 10.0. The molecule has 452 valence electrons. The van der Waals surface area contributed by atoms with Gasteiger partial charge in [0, 0.05) is 12.8 Å². The highest BCUT2D eigenvalue weighted by Gasteiger charge is 2.27. The van der Waals surface area contributed by atoms with Crippen LogP contribution in [-0.2, 0) is 27.9 Å². The highest BCUT2D eigenvalue weighted by molar-refractivity contribution is 7.45. The van der Waals surface area contributed by atoms with Crippen molar-refractivity contribution in [3.8, 4) is 0 Å². The van der Waals surface area contributed by atoms with Gasteiger partial charge in [0.2, 0.25) is 5.91 Å². The van der Waals surface area contributed by atoms with E-state index in [1.165, 1.54) is 212 Å². The summed E-state index contributed by atoms with van der Waals surface area (Å²) in [5.74, 6) is -0.530. The average molecular weight is 1100 g/mol. The number of carbonyl (C=O) groups is 2. The van der Waals surface area contributed by atoms with Crippen molar-refractivity contribution < 1.29 is 37.3 Å². The van der Waals surface area contributed by atoms with Gasteiger partial charge in [0.1, 0.15) is 19.3 Å². The van der Waals surface area contributed by atoms with Gasteiger partial charge in [0.05, 0.1) is 33.8 Å². The van der Waals surface area contributed by atoms with Gasteiger partial charge in [-0.2, -0.15) is 0 Å². The number of phosphoric acid groups is 1. The highest BCUT2D eigenvalue weighted by Crippen LogP contribution is 2.38. The number of hydrogen-bond donors (Lipinski definition) is 1. The van der Waals surface area contributed by atoms with Crippen LogP contribution in [0.25, 0.3) is 0 Å². The Morgan fingerprint density at radius 3 is 1.21 bits per heavy atom. The van der Waals surface area contributed by atoms with Crippen LogP contribution < -0.4 is 10.2 Å². The minimum Gasteiger partial charge on any atom is -0.756 e. The number of allylic oxidation sites excluding steroid dienone is 7. The third-order valence-electron chi connectivity index (χ3n) is 14.8. The van der Waals surface area contributed by atoms with Crippen molar-refractivity contribution >= 4 is 19.7 Å². The normalized spacial score (nSPS) is 13.9. The number of unbranched alkanes of at least 4 members (excludes halogenated alkanes) is 38. The van der Waals surface area contributed by atoms with E-state index < -0.39 is 20.0 Å². The number of amides is 1. The van der Waals surface area contributed by atoms with Crippen LogP contribution >= 0.6 is 7.82 Å². The fourth-order valence-corrected chi connectivity index (χ4v) is 10.4. The van der Waals surface area contributed by atoms with E-state index in [0.717, 1.165) is 70.6 Å². The molecule has 0 fully saturated rings. The monoisotopic (exact) mass is 1100 g/mol. The van der Waals surface area contributed by atoms with Crippen LogP contribution in [0.4, 0.5) is 0 Å². The number of nitrogens with one attached hydrogen (secondary N) is 1. The van der Waals surface area contributed by atoms with E-state index in [1.807, 2.05) is 33.3 Å². The predicted octanol–water partition coefficient (Wildman–Crippen LogP) is 19.8. The molecule has 0 saturated heterocycles. The predicted molar refractivity (Wildman–Crippen MR) is 330 cm³/mol. The number of quaternary nitrogens is 1. The molecule has 9 nitrogen and oxygen atoms in total. The summed E-state index contributed by atoms with van der Waals surface area (Å²) in [4.78, 5) is 40.0. The number of esters is 1. The molecular weight excluding hydrogens is 976 g/mol. The summed E-state index contributed by atoms with van der Waals surface area (Å²) in [6, 6.07) is -0.886. The zero-order valence-corrected chi connectivity index (χ0v) is 52.6. The number of nitrogens with zero attached hydrogens (tertiary/aromatic N) is 1. The van der Waals surface area contributed by atoms with Crippen molar-refractivity contribution in [3.05, 3.63) is 48.6 Å². The maximum absolute atomic E-state index is 13.6. The summed E-state index contributed by atoms with van der Waals surface area (Å²) in [5.41, 5.74) is 0. The largest absolute Gasteiger partial charge is 0.756 e. The van der Waals surface area contributed by atoms with E-state index >= 15 is 0 Å². The van der Waals surface area contributed by atoms with Gasteiger partial charge in [0.25, 0.3) is 7.82 Å². The summed E-state index contributed by atoms with van der Waals surface area (Å²) < 4.78 is 30.4. The second-order valence-electron chi connectivity index (χ2n) is 23.6. The Kier molecular flexibility index (Phi) is 55.7. The fraction of sp³-hybridized carbons (Fsp3) is 0.851. The van der Waals surface area contributed by atoms with Gasteiger partial charge >= 0.3 is 5.97 Å². The van der Waals surface area contributed by atoms with Gasteiger partial charge in [-0.1, -0.05) is 282 Å². The topological polar surface area (TPSA) is 114 Å². The van der Waals surface area contributed by atoms with Crippen LogP contribution in [0.1, 0.15) is 316 Å². The third kappa shape index (κ3) is 58.4. The molecule has 10 heteroatoms. The van der Waals surface area contributed by atoms with Crippen LogP contribution in [0.3, 0.4) is 0 Å². The van der Waals surface area contributed by atoms with E-state index in [1.54, 1.807) is 0 Å². The summed E-state index contributed by atoms with van der Waals surface area (Å²) in [5, 5.41) is 3.04. The Hall–Kier alpha value is -2.03. The minimum atomic E-state index is -4.70. The molecule has 0 aromatic heterocycles. The van der Waals surface area contributed by atoms with Crippen LogP contribution in [0.5, 0.6) is 0 Å². The molecule has 77 heavy (non-hydrogen) atoms. The van der Waals surface area contributed by atoms with Crippen molar-refractivity contribution in [2.75, 3.05) is 40.9 Å². The van der Waals surface area contributed by atoms with Crippen molar-refractivity contribution in [3.63, 3.8) is 0 Å². The Morgan fingerprint density at radius 1 is 0.455 bits per heavy atom. The van der Waals surface area contributed by atoms with Gasteiger partial charge in [-0.15, -0.1) is 0 Å². The smallest absolute Gasteiger partial charge is 0.306 e. The van der Waals surface area contributed by atoms with Gasteiger partial charge in [-0.3, -0.25) is 14.2 Å². The van der Waals surface area contributed by atoms with E-state index in [0.29, 0.717) is 17.4 Å². The molecule has 1 N–H and O–H groups in total. The van der Waals surface area contributed by atoms with Gasteiger partial charge in [0.15, 0.2) is 0 Å². The zero-order chi connectivity index (χ0) is 56.4. The van der Waals surface area contributed by atoms with Crippen LogP contribution in [0.2, 0.25) is 0 Å². The van der Waals surface area contributed by atoms with Crippen molar-refractivity contribution in [2.45, 2.75) is 328 Å². The van der Waals surface area contributed by atoms with Crippen molar-refractivity contribution in [2.24, 2.45) is 0 Å². The number of ether oxygens (including phenoxy) is 1. The number of carbonyl (C=O) groups excluding carboxylic acids is 2. The second-order valence-corrected chi connectivity index (χ2v) is 25.0. The standard InChI is InChI=1S/C67H127N2O7P/c1-7-10-13-16-19-22-25-28-30-31-32-33-34-35-36-37-38-39-40-41-44-47-50-53-56-59-66(70)68-64(63-75-77(72,73)74-62-61-69(4,5)6)65(58-55-52-49-46-43-27-24-21-18-15-12-9-3)76-67(71)60-57-54-51-48-45-42-29-26-23-20-17-14-11-8-2/h19,22,28,30,32-33,55,58,64-65H,7-18,20-21,23-27,29,31,34-54,56-57,59-63H2,1-6H3,(H-,68,70,72,73)/b22-19-,30-28-,33-32-,58-55-. The Balaban J connectivity index is 5.08. The van der Waals surface area contributed by atoms with E-state index in [4.69, 9.17) is 13.8 Å². The Labute approximate surface area is 478 Å². The van der Waals surface area contributed by atoms with Crippen LogP contribution in [-0.4, -0.2) is 69.4 Å². The highest BCUT2D eigenvalue weighted by atomic mass is 31.2. The molecule has 3 unspecified atom stereocenters. The van der Waals surface area contributed by atoms with E-state index in [9.17, 15) is 19.0 Å². The first-order valence-corrected chi connectivity index (χ1v) is 34.4. The molecule has 0 aliphatic carbocycles. The SMILES string of the molecule is CCCCC/C=C\C/C=C\C/C=C\CCCCCCCCCCCCCCC(=O)NC(COP(=O)([O-])OCC[N+](C)(C)C)C(/C=C\CCCCCCCCCCCC)OC(=O)CCCCCCCCCCCCCCCC. The molecule has 0 bridgehead atoms. The average Bonchev–Trinajstić information content (AvgIpc) is 3.39. The lowest BCUT2D eigenvalue weighted by Gasteiger charge is -2.30. The first kappa shape index (κ1) is 75.0. The molecule has 0 aromatic rings. The molecular formula is C67H127N2O7P. The molecule has 1 amide bonds. The summed E-state index contributed by atoms with van der Waals surface area (Å²) in [6.07, 6.45) is 70.8. The maximum Gasteiger partial charge on any atom is 0.306 e.